The summed E-state index contributed by atoms with van der Waals surface area (Å²) in [4.78, 5) is 18.4. The zero-order valence-corrected chi connectivity index (χ0v) is 9.62. The molecule has 3 rings (SSSR count). The van der Waals surface area contributed by atoms with Crippen molar-refractivity contribution in [2.24, 2.45) is 0 Å². The summed E-state index contributed by atoms with van der Waals surface area (Å²) >= 11 is 0. The van der Waals surface area contributed by atoms with Gasteiger partial charge in [-0.15, -0.1) is 5.10 Å². The quantitative estimate of drug-likeness (QED) is 0.730. The zero-order valence-electron chi connectivity index (χ0n) is 9.62. The van der Waals surface area contributed by atoms with Gasteiger partial charge in [0, 0.05) is 5.56 Å². The van der Waals surface area contributed by atoms with E-state index in [0.717, 1.165) is 5.56 Å². The number of aromatic amines is 1. The largest absolute Gasteiger partial charge is 0.497 e. The fourth-order valence-corrected chi connectivity index (χ4v) is 1.74. The molecule has 0 atom stereocenters. The topological polar surface area (TPSA) is 72.3 Å². The summed E-state index contributed by atoms with van der Waals surface area (Å²) in [7, 11) is 1.59. The van der Waals surface area contributed by atoms with Crippen LogP contribution in [0, 0.1) is 0 Å². The number of hydrogen-bond donors (Lipinski definition) is 1. The lowest BCUT2D eigenvalue weighted by atomic mass is 10.2. The van der Waals surface area contributed by atoms with Crippen LogP contribution in [0.3, 0.4) is 0 Å². The maximum atomic E-state index is 11.8. The van der Waals surface area contributed by atoms with E-state index in [0.29, 0.717) is 17.1 Å². The molecule has 1 aromatic carbocycles. The first-order valence-corrected chi connectivity index (χ1v) is 5.35. The van der Waals surface area contributed by atoms with Crippen LogP contribution in [0.5, 0.6) is 5.75 Å². The first-order chi connectivity index (χ1) is 8.78. The third-order valence-corrected chi connectivity index (χ3v) is 2.64. The summed E-state index contributed by atoms with van der Waals surface area (Å²) in [6, 6.07) is 7.33. The van der Waals surface area contributed by atoms with E-state index in [4.69, 9.17) is 4.74 Å². The predicted octanol–water partition coefficient (Wildman–Crippen LogP) is 1.09. The second kappa shape index (κ2) is 3.99. The molecule has 0 saturated carbocycles. The van der Waals surface area contributed by atoms with Crippen LogP contribution in [0.4, 0.5) is 0 Å². The van der Waals surface area contributed by atoms with Gasteiger partial charge in [-0.05, 0) is 12.1 Å². The van der Waals surface area contributed by atoms with Crippen LogP contribution in [-0.4, -0.2) is 26.7 Å². The second-order valence-electron chi connectivity index (χ2n) is 3.76. The van der Waals surface area contributed by atoms with Crippen molar-refractivity contribution < 1.29 is 4.74 Å². The molecule has 0 unspecified atom stereocenters. The molecule has 6 heteroatoms. The number of fused-ring (bicyclic) bond motifs is 1. The summed E-state index contributed by atoms with van der Waals surface area (Å²) in [5, 5.41) is 4.28. The van der Waals surface area contributed by atoms with Gasteiger partial charge in [0.25, 0.3) is 5.56 Å². The fraction of sp³-hybridized carbons (Fsp3) is 0.0833. The van der Waals surface area contributed by atoms with Crippen molar-refractivity contribution in [2.75, 3.05) is 7.11 Å². The SMILES string of the molecule is COc1cccc(-c2nn3cncc3c(=O)[nH]2)c1. The van der Waals surface area contributed by atoms with Crippen LogP contribution in [0.1, 0.15) is 0 Å². The maximum absolute atomic E-state index is 11.8. The third kappa shape index (κ3) is 1.64. The van der Waals surface area contributed by atoms with E-state index in [2.05, 4.69) is 15.1 Å². The van der Waals surface area contributed by atoms with E-state index in [1.165, 1.54) is 17.0 Å². The molecule has 18 heavy (non-hydrogen) atoms. The number of hydrogen-bond acceptors (Lipinski definition) is 4. The molecule has 0 radical (unpaired) electrons. The summed E-state index contributed by atoms with van der Waals surface area (Å²) in [6.45, 7) is 0. The number of aromatic nitrogens is 4. The Morgan fingerprint density at radius 2 is 2.28 bits per heavy atom. The smallest absolute Gasteiger partial charge is 0.277 e. The summed E-state index contributed by atoms with van der Waals surface area (Å²) < 4.78 is 6.59. The Hall–Kier alpha value is -2.63. The predicted molar refractivity (Wildman–Crippen MR) is 65.6 cm³/mol. The Bertz CT molecular complexity index is 760. The molecule has 2 aromatic heterocycles. The van der Waals surface area contributed by atoms with Crippen molar-refractivity contribution in [3.8, 4) is 17.1 Å². The van der Waals surface area contributed by atoms with Crippen molar-refractivity contribution in [1.82, 2.24) is 19.6 Å². The van der Waals surface area contributed by atoms with Gasteiger partial charge in [-0.1, -0.05) is 12.1 Å². The van der Waals surface area contributed by atoms with Crippen molar-refractivity contribution in [3.63, 3.8) is 0 Å². The van der Waals surface area contributed by atoms with E-state index < -0.39 is 0 Å². The van der Waals surface area contributed by atoms with Crippen LogP contribution < -0.4 is 10.3 Å². The second-order valence-corrected chi connectivity index (χ2v) is 3.76. The number of imidazole rings is 1. The first-order valence-electron chi connectivity index (χ1n) is 5.35. The lowest BCUT2D eigenvalue weighted by molar-refractivity contribution is 0.415. The molecule has 0 amide bonds. The van der Waals surface area contributed by atoms with Crippen LogP contribution >= 0.6 is 0 Å². The Labute approximate surface area is 102 Å². The van der Waals surface area contributed by atoms with Crippen LogP contribution in [-0.2, 0) is 0 Å². The van der Waals surface area contributed by atoms with Gasteiger partial charge in [0.2, 0.25) is 0 Å². The Kier molecular flexibility index (Phi) is 2.33. The summed E-state index contributed by atoms with van der Waals surface area (Å²) in [6.07, 6.45) is 2.97. The van der Waals surface area contributed by atoms with Crippen molar-refractivity contribution in [2.45, 2.75) is 0 Å². The van der Waals surface area contributed by atoms with Crippen molar-refractivity contribution in [1.29, 1.82) is 0 Å². The minimum absolute atomic E-state index is 0.222. The number of ether oxygens (including phenoxy) is 1. The van der Waals surface area contributed by atoms with Crippen LogP contribution in [0.2, 0.25) is 0 Å². The van der Waals surface area contributed by atoms with Gasteiger partial charge < -0.3 is 9.72 Å². The highest BCUT2D eigenvalue weighted by Gasteiger charge is 2.06. The zero-order chi connectivity index (χ0) is 12.5. The maximum Gasteiger partial charge on any atom is 0.277 e. The molecule has 0 spiro atoms. The molecular formula is C12H10N4O2. The molecule has 0 aliphatic heterocycles. The van der Waals surface area contributed by atoms with Crippen molar-refractivity contribution in [3.05, 3.63) is 47.1 Å². The van der Waals surface area contributed by atoms with Gasteiger partial charge in [-0.3, -0.25) is 4.79 Å². The Balaban J connectivity index is 2.21. The monoisotopic (exact) mass is 242 g/mol. The molecule has 0 fully saturated rings. The molecule has 1 N–H and O–H groups in total. The molecular weight excluding hydrogens is 232 g/mol. The highest BCUT2D eigenvalue weighted by atomic mass is 16.5. The number of methoxy groups -OCH3 is 1. The average molecular weight is 242 g/mol. The average Bonchev–Trinajstić information content (AvgIpc) is 2.87. The van der Waals surface area contributed by atoms with Crippen LogP contribution in [0.15, 0.2) is 41.6 Å². The Morgan fingerprint density at radius 3 is 3.11 bits per heavy atom. The minimum atomic E-state index is -0.222. The third-order valence-electron chi connectivity index (χ3n) is 2.64. The Morgan fingerprint density at radius 1 is 1.39 bits per heavy atom. The molecule has 2 heterocycles. The van der Waals surface area contributed by atoms with E-state index in [-0.39, 0.29) is 5.56 Å². The number of nitrogens with zero attached hydrogens (tertiary/aromatic N) is 3. The van der Waals surface area contributed by atoms with Crippen molar-refractivity contribution >= 4 is 5.52 Å². The minimum Gasteiger partial charge on any atom is -0.497 e. The van der Waals surface area contributed by atoms with E-state index in [9.17, 15) is 4.79 Å². The van der Waals surface area contributed by atoms with Gasteiger partial charge >= 0.3 is 0 Å². The van der Waals surface area contributed by atoms with E-state index in [1.54, 1.807) is 13.2 Å². The molecule has 3 aromatic rings. The highest BCUT2D eigenvalue weighted by Crippen LogP contribution is 2.19. The van der Waals surface area contributed by atoms with Gasteiger partial charge in [0.05, 0.1) is 13.3 Å². The molecule has 6 nitrogen and oxygen atoms in total. The van der Waals surface area contributed by atoms with Gasteiger partial charge in [0.15, 0.2) is 5.82 Å². The van der Waals surface area contributed by atoms with Crippen LogP contribution in [0.25, 0.3) is 16.9 Å². The summed E-state index contributed by atoms with van der Waals surface area (Å²) in [5.41, 5.74) is 0.976. The molecule has 0 aliphatic carbocycles. The first kappa shape index (κ1) is 10.5. The molecule has 0 bridgehead atoms. The standard InChI is InChI=1S/C12H10N4O2/c1-18-9-4-2-3-8(5-9)11-14-12(17)10-6-13-7-16(10)15-11/h2-7H,1H3,(H,14,15,17). The van der Waals surface area contributed by atoms with E-state index >= 15 is 0 Å². The van der Waals surface area contributed by atoms with Gasteiger partial charge in [-0.25, -0.2) is 9.50 Å². The lowest BCUT2D eigenvalue weighted by Gasteiger charge is -2.04. The van der Waals surface area contributed by atoms with E-state index in [1.807, 2.05) is 18.2 Å². The molecule has 90 valence electrons. The highest BCUT2D eigenvalue weighted by molar-refractivity contribution is 5.58. The molecule has 0 aliphatic rings. The number of rotatable bonds is 2. The normalized spacial score (nSPS) is 10.7. The lowest BCUT2D eigenvalue weighted by Crippen LogP contribution is -2.13. The fourth-order valence-electron chi connectivity index (χ4n) is 1.74. The summed E-state index contributed by atoms with van der Waals surface area (Å²) in [5.74, 6) is 1.19. The number of nitrogens with one attached hydrogen (secondary N) is 1. The number of benzene rings is 1. The van der Waals surface area contributed by atoms with Gasteiger partial charge in [-0.2, -0.15) is 0 Å². The van der Waals surface area contributed by atoms with Gasteiger partial charge in [0.1, 0.15) is 17.6 Å². The number of H-pyrrole nitrogens is 1. The molecule has 0 saturated heterocycles.